The molecule has 0 spiro atoms. The van der Waals surface area contributed by atoms with Crippen LogP contribution in [-0.2, 0) is 22.7 Å². The molecule has 1 unspecified atom stereocenters. The van der Waals surface area contributed by atoms with Gasteiger partial charge in [0.2, 0.25) is 11.8 Å². The molecule has 8 heteroatoms. The molecule has 0 radical (unpaired) electrons. The van der Waals surface area contributed by atoms with Crippen LogP contribution < -0.4 is 5.32 Å². The molecule has 2 atom stereocenters. The van der Waals surface area contributed by atoms with Gasteiger partial charge in [-0.05, 0) is 17.5 Å². The molecule has 2 aromatic carbocycles. The van der Waals surface area contributed by atoms with E-state index in [0.29, 0.717) is 19.5 Å². The van der Waals surface area contributed by atoms with Gasteiger partial charge in [0.05, 0.1) is 13.1 Å². The predicted molar refractivity (Wildman–Crippen MR) is 136 cm³/mol. The highest BCUT2D eigenvalue weighted by molar-refractivity contribution is 5.91. The van der Waals surface area contributed by atoms with E-state index in [2.05, 4.69) is 5.32 Å². The van der Waals surface area contributed by atoms with Crippen molar-refractivity contribution < 1.29 is 14.4 Å². The summed E-state index contributed by atoms with van der Waals surface area (Å²) in [4.78, 5) is 43.1. The monoisotopic (exact) mass is 479 g/mol. The van der Waals surface area contributed by atoms with Crippen molar-refractivity contribution in [3.05, 3.63) is 71.8 Å². The molecular weight excluding hydrogens is 442 g/mol. The van der Waals surface area contributed by atoms with E-state index in [1.807, 2.05) is 81.4 Å². The molecule has 0 aromatic heterocycles. The third-order valence-corrected chi connectivity index (χ3v) is 6.21. The molecule has 2 saturated heterocycles. The first kappa shape index (κ1) is 26.2. The molecule has 2 aromatic rings. The van der Waals surface area contributed by atoms with Gasteiger partial charge in [0.15, 0.2) is 0 Å². The fourth-order valence-electron chi connectivity index (χ4n) is 4.66. The fourth-order valence-corrected chi connectivity index (χ4v) is 4.66. The number of likely N-dealkylation sites (N-methyl/N-ethyl adjacent to an activating group) is 1. The van der Waals surface area contributed by atoms with Crippen molar-refractivity contribution in [2.24, 2.45) is 0 Å². The Hall–Kier alpha value is -3.39. The summed E-state index contributed by atoms with van der Waals surface area (Å²) in [7, 11) is 1.74. The van der Waals surface area contributed by atoms with Crippen LogP contribution in [0.5, 0.6) is 0 Å². The number of rotatable bonds is 6. The first-order valence-electron chi connectivity index (χ1n) is 12.5. The maximum absolute atomic E-state index is 13.4. The van der Waals surface area contributed by atoms with Gasteiger partial charge in [0, 0.05) is 20.1 Å². The van der Waals surface area contributed by atoms with Crippen LogP contribution >= 0.6 is 0 Å². The molecule has 0 saturated carbocycles. The van der Waals surface area contributed by atoms with E-state index >= 15 is 0 Å². The van der Waals surface area contributed by atoms with Gasteiger partial charge in [-0.25, -0.2) is 14.8 Å². The number of benzene rings is 2. The maximum Gasteiger partial charge on any atom is 0.334 e. The molecular formula is C27H37N5O3. The fraction of sp³-hybridized carbons (Fsp3) is 0.444. The van der Waals surface area contributed by atoms with Crippen LogP contribution in [0.4, 0.5) is 4.79 Å². The summed E-state index contributed by atoms with van der Waals surface area (Å²) >= 11 is 0. The summed E-state index contributed by atoms with van der Waals surface area (Å²) in [5.41, 5.74) is 2.01. The molecule has 188 valence electrons. The second-order valence-electron chi connectivity index (χ2n) is 8.60. The Bertz CT molecular complexity index is 985. The van der Waals surface area contributed by atoms with Crippen LogP contribution in [0.15, 0.2) is 60.7 Å². The second-order valence-corrected chi connectivity index (χ2v) is 8.60. The molecule has 8 nitrogen and oxygen atoms in total. The number of carbonyl (C=O) groups is 3. The van der Waals surface area contributed by atoms with E-state index in [0.717, 1.165) is 17.5 Å². The quantitative estimate of drug-likeness (QED) is 0.689. The molecule has 0 aliphatic carbocycles. The molecule has 1 N–H and O–H groups in total. The number of hydrazine groups is 1. The molecule has 4 rings (SSSR count). The number of carbonyl (C=O) groups excluding carboxylic acids is 3. The van der Waals surface area contributed by atoms with E-state index in [1.165, 1.54) is 0 Å². The van der Waals surface area contributed by atoms with Crippen LogP contribution in [-0.4, -0.2) is 70.0 Å². The Labute approximate surface area is 208 Å². The molecule has 2 fully saturated rings. The topological polar surface area (TPSA) is 76.2 Å². The third kappa shape index (κ3) is 6.00. The minimum Gasteiger partial charge on any atom is -0.333 e. The summed E-state index contributed by atoms with van der Waals surface area (Å²) in [6.07, 6.45) is 0.780. The zero-order chi connectivity index (χ0) is 25.4. The van der Waals surface area contributed by atoms with Gasteiger partial charge in [-0.2, -0.15) is 0 Å². The summed E-state index contributed by atoms with van der Waals surface area (Å²) in [5.74, 6) is -0.180. The largest absolute Gasteiger partial charge is 0.334 e. The van der Waals surface area contributed by atoms with Crippen molar-refractivity contribution in [1.82, 2.24) is 25.1 Å². The van der Waals surface area contributed by atoms with Gasteiger partial charge >= 0.3 is 6.03 Å². The lowest BCUT2D eigenvalue weighted by Crippen LogP contribution is -2.75. The molecule has 2 aliphatic rings. The number of amides is 4. The van der Waals surface area contributed by atoms with E-state index in [9.17, 15) is 14.4 Å². The smallest absolute Gasteiger partial charge is 0.333 e. The van der Waals surface area contributed by atoms with Crippen LogP contribution in [0.25, 0.3) is 0 Å². The molecule has 4 amide bonds. The minimum absolute atomic E-state index is 0.0560. The average molecular weight is 480 g/mol. The first-order chi connectivity index (χ1) is 17.0. The molecule has 35 heavy (non-hydrogen) atoms. The Morgan fingerprint density at radius 1 is 0.971 bits per heavy atom. The molecule has 0 bridgehead atoms. The van der Waals surface area contributed by atoms with Crippen LogP contribution in [0.3, 0.4) is 0 Å². The highest BCUT2D eigenvalue weighted by atomic mass is 16.2. The van der Waals surface area contributed by atoms with Gasteiger partial charge in [0.1, 0.15) is 12.2 Å². The van der Waals surface area contributed by atoms with Crippen molar-refractivity contribution in [3.8, 4) is 0 Å². The maximum atomic E-state index is 13.4. The number of piperazine rings is 1. The van der Waals surface area contributed by atoms with Gasteiger partial charge < -0.3 is 15.1 Å². The Kier molecular flexibility index (Phi) is 9.25. The van der Waals surface area contributed by atoms with E-state index < -0.39 is 12.2 Å². The normalized spacial score (nSPS) is 20.2. The zero-order valence-corrected chi connectivity index (χ0v) is 21.2. The van der Waals surface area contributed by atoms with Gasteiger partial charge in [-0.1, -0.05) is 87.9 Å². The van der Waals surface area contributed by atoms with Gasteiger partial charge in [-0.15, -0.1) is 0 Å². The van der Waals surface area contributed by atoms with Crippen LogP contribution in [0.2, 0.25) is 0 Å². The summed E-state index contributed by atoms with van der Waals surface area (Å²) in [5, 5.41) is 6.22. The number of nitrogens with one attached hydrogen (secondary N) is 1. The van der Waals surface area contributed by atoms with Gasteiger partial charge in [0.25, 0.3) is 0 Å². The SMILES string of the molecule is CC.CCC[C@H]1C(=O)N(Cc2ccccc2)CC2N1C(=O)CN(C)N2C(=O)NCc1ccccc1. The lowest BCUT2D eigenvalue weighted by Gasteiger charge is -2.54. The van der Waals surface area contributed by atoms with Gasteiger partial charge in [-0.3, -0.25) is 9.59 Å². The van der Waals surface area contributed by atoms with Crippen molar-refractivity contribution >= 4 is 17.8 Å². The number of hydrogen-bond acceptors (Lipinski definition) is 4. The highest BCUT2D eigenvalue weighted by Gasteiger charge is 2.50. The standard InChI is InChI=1S/C25H31N5O3.C2H6/c1-3-10-21-24(32)28(16-20-13-8-5-9-14-20)17-22-29(21)23(31)18-27(2)30(22)25(33)26-15-19-11-6-4-7-12-19;1-2/h4-9,11-14,21-22H,3,10,15-18H2,1-2H3,(H,26,33);1-2H3/t21-,22?;/m0./s1. The van der Waals surface area contributed by atoms with Crippen molar-refractivity contribution in [3.63, 3.8) is 0 Å². The lowest BCUT2D eigenvalue weighted by atomic mass is 10.0. The van der Waals surface area contributed by atoms with E-state index in [1.54, 1.807) is 26.9 Å². The van der Waals surface area contributed by atoms with Crippen LogP contribution in [0.1, 0.15) is 44.7 Å². The number of hydrogen-bond donors (Lipinski definition) is 1. The third-order valence-electron chi connectivity index (χ3n) is 6.21. The number of nitrogens with zero attached hydrogens (tertiary/aromatic N) is 4. The molecule has 2 heterocycles. The summed E-state index contributed by atoms with van der Waals surface area (Å²) < 4.78 is 0. The zero-order valence-electron chi connectivity index (χ0n) is 21.2. The highest BCUT2D eigenvalue weighted by Crippen LogP contribution is 2.28. The van der Waals surface area contributed by atoms with Crippen molar-refractivity contribution in [2.45, 2.75) is 58.9 Å². The summed E-state index contributed by atoms with van der Waals surface area (Å²) in [6, 6.07) is 18.6. The van der Waals surface area contributed by atoms with Crippen molar-refractivity contribution in [2.75, 3.05) is 20.1 Å². The number of urea groups is 1. The Morgan fingerprint density at radius 3 is 2.17 bits per heavy atom. The van der Waals surface area contributed by atoms with E-state index in [4.69, 9.17) is 0 Å². The average Bonchev–Trinajstić information content (AvgIpc) is 2.87. The Morgan fingerprint density at radius 2 is 1.57 bits per heavy atom. The Balaban J connectivity index is 0.00000167. The first-order valence-corrected chi connectivity index (χ1v) is 12.5. The minimum atomic E-state index is -0.567. The predicted octanol–water partition coefficient (Wildman–Crippen LogP) is 3.45. The van der Waals surface area contributed by atoms with Crippen LogP contribution in [0, 0.1) is 0 Å². The number of fused-ring (bicyclic) bond motifs is 1. The molecule has 2 aliphatic heterocycles. The lowest BCUT2D eigenvalue weighted by molar-refractivity contribution is -0.188. The summed E-state index contributed by atoms with van der Waals surface area (Å²) in [6.45, 7) is 7.16. The van der Waals surface area contributed by atoms with E-state index in [-0.39, 0.29) is 30.9 Å². The second kappa shape index (κ2) is 12.4. The van der Waals surface area contributed by atoms with Crippen molar-refractivity contribution in [1.29, 1.82) is 0 Å².